The molecule has 0 amide bonds. The van der Waals surface area contributed by atoms with Gasteiger partial charge in [-0.3, -0.25) is 0 Å². The van der Waals surface area contributed by atoms with Crippen molar-refractivity contribution >= 4 is 31.9 Å². The lowest BCUT2D eigenvalue weighted by Gasteiger charge is -2.10. The lowest BCUT2D eigenvalue weighted by Crippen LogP contribution is -2.08. The number of methoxy groups -OCH3 is 1. The first-order valence-electron chi connectivity index (χ1n) is 3.33. The fourth-order valence-electron chi connectivity index (χ4n) is 0.800. The Morgan fingerprint density at radius 1 is 1.36 bits per heavy atom. The van der Waals surface area contributed by atoms with E-state index >= 15 is 0 Å². The van der Waals surface area contributed by atoms with Crippen molar-refractivity contribution in [3.63, 3.8) is 0 Å². The molecule has 0 N–H and O–H groups in total. The number of ether oxygens (including phenoxy) is 1. The molecule has 1 aromatic rings. The lowest BCUT2D eigenvalue weighted by molar-refractivity contribution is -0.141. The summed E-state index contributed by atoms with van der Waals surface area (Å²) in [7, 11) is 1.35. The van der Waals surface area contributed by atoms with Gasteiger partial charge in [-0.05, 0) is 37.9 Å². The van der Waals surface area contributed by atoms with E-state index in [1.807, 2.05) is 0 Å². The van der Waals surface area contributed by atoms with Gasteiger partial charge in [0.2, 0.25) is 0 Å². The van der Waals surface area contributed by atoms with E-state index in [1.165, 1.54) is 7.11 Å². The highest BCUT2D eigenvalue weighted by Crippen LogP contribution is 2.37. The second kappa shape index (κ2) is 4.06. The molecular formula is C7H4Br2F3NO. The topological polar surface area (TPSA) is 22.1 Å². The van der Waals surface area contributed by atoms with Crippen LogP contribution in [0.1, 0.15) is 5.69 Å². The third kappa shape index (κ3) is 2.38. The first-order chi connectivity index (χ1) is 6.36. The maximum Gasteiger partial charge on any atom is 0.433 e. The molecule has 78 valence electrons. The van der Waals surface area contributed by atoms with E-state index in [4.69, 9.17) is 4.74 Å². The largest absolute Gasteiger partial charge is 0.493 e. The number of rotatable bonds is 1. The highest BCUT2D eigenvalue weighted by Gasteiger charge is 2.33. The summed E-state index contributed by atoms with van der Waals surface area (Å²) in [5.41, 5.74) is -0.975. The number of nitrogens with zero attached hydrogens (tertiary/aromatic N) is 1. The Balaban J connectivity index is 3.28. The van der Waals surface area contributed by atoms with E-state index in [1.54, 1.807) is 0 Å². The van der Waals surface area contributed by atoms with Crippen molar-refractivity contribution in [3.05, 3.63) is 20.8 Å². The predicted octanol–water partition coefficient (Wildman–Crippen LogP) is 3.63. The zero-order chi connectivity index (χ0) is 10.9. The lowest BCUT2D eigenvalue weighted by atomic mass is 10.3. The van der Waals surface area contributed by atoms with Crippen LogP contribution in [0, 0.1) is 0 Å². The Labute approximate surface area is 94.7 Å². The Kier molecular flexibility index (Phi) is 3.41. The van der Waals surface area contributed by atoms with Crippen molar-refractivity contribution in [2.75, 3.05) is 7.11 Å². The van der Waals surface area contributed by atoms with Gasteiger partial charge in [-0.15, -0.1) is 0 Å². The zero-order valence-corrected chi connectivity index (χ0v) is 9.99. The van der Waals surface area contributed by atoms with Gasteiger partial charge >= 0.3 is 6.18 Å². The van der Waals surface area contributed by atoms with Crippen LogP contribution in [0.2, 0.25) is 0 Å². The Hall–Kier alpha value is -0.300. The number of aromatic nitrogens is 1. The summed E-state index contributed by atoms with van der Waals surface area (Å²) in [6.07, 6.45) is -4.46. The number of hydrogen-bond donors (Lipinski definition) is 0. The molecule has 0 spiro atoms. The van der Waals surface area contributed by atoms with Crippen molar-refractivity contribution < 1.29 is 17.9 Å². The second-order valence-electron chi connectivity index (χ2n) is 2.31. The quantitative estimate of drug-likeness (QED) is 0.732. The van der Waals surface area contributed by atoms with Crippen LogP contribution >= 0.6 is 31.9 Å². The molecule has 1 rings (SSSR count). The minimum Gasteiger partial charge on any atom is -0.493 e. The Morgan fingerprint density at radius 3 is 2.29 bits per heavy atom. The fraction of sp³-hybridized carbons (Fsp3) is 0.286. The van der Waals surface area contributed by atoms with Crippen LogP contribution in [0.25, 0.3) is 0 Å². The standard InChI is InChI=1S/C7H4Br2F3NO/c1-14-5-3(8)2-4(7(10,11)12)13-6(5)9/h2H,1H3. The third-order valence-corrected chi connectivity index (χ3v) is 2.51. The van der Waals surface area contributed by atoms with E-state index in [9.17, 15) is 13.2 Å². The van der Waals surface area contributed by atoms with E-state index < -0.39 is 11.9 Å². The Bertz CT molecular complexity index is 330. The van der Waals surface area contributed by atoms with Crippen LogP contribution in [0.3, 0.4) is 0 Å². The molecule has 0 aliphatic rings. The average molecular weight is 335 g/mol. The first kappa shape index (κ1) is 11.8. The molecule has 1 heterocycles. The van der Waals surface area contributed by atoms with Crippen molar-refractivity contribution in [1.29, 1.82) is 0 Å². The van der Waals surface area contributed by atoms with Crippen LogP contribution < -0.4 is 4.74 Å². The van der Waals surface area contributed by atoms with E-state index in [0.29, 0.717) is 0 Å². The van der Waals surface area contributed by atoms with Gasteiger partial charge in [0.1, 0.15) is 10.3 Å². The molecule has 0 bridgehead atoms. The smallest absolute Gasteiger partial charge is 0.433 e. The molecule has 0 atom stereocenters. The minimum atomic E-state index is -4.46. The molecule has 1 aromatic heterocycles. The second-order valence-corrected chi connectivity index (χ2v) is 3.92. The monoisotopic (exact) mass is 333 g/mol. The predicted molar refractivity (Wildman–Crippen MR) is 51.2 cm³/mol. The van der Waals surface area contributed by atoms with Crippen molar-refractivity contribution in [3.8, 4) is 5.75 Å². The van der Waals surface area contributed by atoms with Gasteiger partial charge in [0.25, 0.3) is 0 Å². The van der Waals surface area contributed by atoms with Crippen LogP contribution in [0.15, 0.2) is 15.1 Å². The number of halogens is 5. The van der Waals surface area contributed by atoms with Gasteiger partial charge in [-0.1, -0.05) is 0 Å². The SMILES string of the molecule is COc1c(Br)cc(C(F)(F)F)nc1Br. The molecule has 0 saturated carbocycles. The van der Waals surface area contributed by atoms with Crippen molar-refractivity contribution in [2.24, 2.45) is 0 Å². The van der Waals surface area contributed by atoms with Crippen LogP contribution in [0.5, 0.6) is 5.75 Å². The molecule has 0 aromatic carbocycles. The minimum absolute atomic E-state index is 0.0155. The van der Waals surface area contributed by atoms with Crippen molar-refractivity contribution in [1.82, 2.24) is 4.98 Å². The molecule has 7 heteroatoms. The average Bonchev–Trinajstić information content (AvgIpc) is 2.01. The summed E-state index contributed by atoms with van der Waals surface area (Å²) in [6.45, 7) is 0. The molecule has 0 fully saturated rings. The molecule has 0 unspecified atom stereocenters. The molecule has 0 radical (unpaired) electrons. The summed E-state index contributed by atoms with van der Waals surface area (Å²) in [4.78, 5) is 3.31. The molecule has 0 aliphatic carbocycles. The number of pyridine rings is 1. The summed E-state index contributed by atoms with van der Waals surface area (Å²) >= 11 is 5.84. The summed E-state index contributed by atoms with van der Waals surface area (Å²) in [6, 6.07) is 0.865. The van der Waals surface area contributed by atoms with Gasteiger partial charge in [0, 0.05) is 0 Å². The maximum absolute atomic E-state index is 12.2. The first-order valence-corrected chi connectivity index (χ1v) is 4.92. The molecular weight excluding hydrogens is 331 g/mol. The molecule has 2 nitrogen and oxygen atoms in total. The van der Waals surface area contributed by atoms with E-state index in [0.717, 1.165) is 6.07 Å². The van der Waals surface area contributed by atoms with Crippen LogP contribution in [0.4, 0.5) is 13.2 Å². The normalized spacial score (nSPS) is 11.6. The molecule has 0 aliphatic heterocycles. The molecule has 0 saturated heterocycles. The zero-order valence-electron chi connectivity index (χ0n) is 6.82. The third-order valence-electron chi connectivity index (χ3n) is 1.38. The number of hydrogen-bond acceptors (Lipinski definition) is 2. The Morgan fingerprint density at radius 2 is 1.93 bits per heavy atom. The highest BCUT2D eigenvalue weighted by atomic mass is 79.9. The van der Waals surface area contributed by atoms with Gasteiger partial charge < -0.3 is 4.74 Å². The van der Waals surface area contributed by atoms with E-state index in [-0.39, 0.29) is 14.8 Å². The highest BCUT2D eigenvalue weighted by molar-refractivity contribution is 9.11. The van der Waals surface area contributed by atoms with E-state index in [2.05, 4.69) is 36.8 Å². The van der Waals surface area contributed by atoms with Gasteiger partial charge in [0.05, 0.1) is 11.6 Å². The molecule has 14 heavy (non-hydrogen) atoms. The fourth-order valence-corrected chi connectivity index (χ4v) is 2.20. The van der Waals surface area contributed by atoms with Crippen LogP contribution in [-0.4, -0.2) is 12.1 Å². The summed E-state index contributed by atoms with van der Waals surface area (Å²) in [5.74, 6) is 0.234. The summed E-state index contributed by atoms with van der Waals surface area (Å²) in [5, 5.41) is 0. The summed E-state index contributed by atoms with van der Waals surface area (Å²) < 4.78 is 41.8. The number of alkyl halides is 3. The van der Waals surface area contributed by atoms with Gasteiger partial charge in [-0.25, -0.2) is 4.98 Å². The maximum atomic E-state index is 12.2. The van der Waals surface area contributed by atoms with Crippen molar-refractivity contribution in [2.45, 2.75) is 6.18 Å². The van der Waals surface area contributed by atoms with Crippen LogP contribution in [-0.2, 0) is 6.18 Å². The van der Waals surface area contributed by atoms with Gasteiger partial charge in [-0.2, -0.15) is 13.2 Å². The van der Waals surface area contributed by atoms with Gasteiger partial charge in [0.15, 0.2) is 5.75 Å².